The van der Waals surface area contributed by atoms with E-state index < -0.39 is 17.5 Å². The average molecular weight is 311 g/mol. The van der Waals surface area contributed by atoms with Gasteiger partial charge in [0, 0.05) is 4.47 Å². The molecule has 1 aliphatic rings. The highest BCUT2D eigenvalue weighted by Crippen LogP contribution is 2.39. The van der Waals surface area contributed by atoms with Crippen molar-refractivity contribution in [1.82, 2.24) is 0 Å². The van der Waals surface area contributed by atoms with Crippen molar-refractivity contribution < 1.29 is 14.3 Å². The van der Waals surface area contributed by atoms with Crippen LogP contribution in [0.1, 0.15) is 32.4 Å². The minimum atomic E-state index is -1.04. The van der Waals surface area contributed by atoms with Crippen molar-refractivity contribution in [3.8, 4) is 0 Å². The van der Waals surface area contributed by atoms with Gasteiger partial charge in [-0.1, -0.05) is 35.0 Å². The van der Waals surface area contributed by atoms with Crippen molar-refractivity contribution in [2.45, 2.75) is 26.9 Å². The van der Waals surface area contributed by atoms with E-state index in [2.05, 4.69) is 15.9 Å². The zero-order chi connectivity index (χ0) is 13.5. The van der Waals surface area contributed by atoms with Crippen LogP contribution in [0.5, 0.6) is 0 Å². The van der Waals surface area contributed by atoms with Gasteiger partial charge in [-0.05, 0) is 31.5 Å². The van der Waals surface area contributed by atoms with E-state index in [9.17, 15) is 9.59 Å². The molecule has 0 amide bonds. The molecular weight excluding hydrogens is 296 g/mol. The Bertz CT molecular complexity index is 490. The summed E-state index contributed by atoms with van der Waals surface area (Å²) < 4.78 is 6.39. The first-order valence-corrected chi connectivity index (χ1v) is 6.64. The Morgan fingerprint density at radius 2 is 1.72 bits per heavy atom. The van der Waals surface area contributed by atoms with Crippen LogP contribution in [0.4, 0.5) is 0 Å². The largest absolute Gasteiger partial charge is 0.456 e. The van der Waals surface area contributed by atoms with E-state index in [0.29, 0.717) is 0 Å². The van der Waals surface area contributed by atoms with Gasteiger partial charge >= 0.3 is 5.97 Å². The molecule has 96 valence electrons. The van der Waals surface area contributed by atoms with Gasteiger partial charge in [0.1, 0.15) is 11.5 Å². The molecule has 0 bridgehead atoms. The molecule has 1 heterocycles. The number of hydrogen-bond acceptors (Lipinski definition) is 3. The highest BCUT2D eigenvalue weighted by atomic mass is 79.9. The third-order valence-electron chi connectivity index (χ3n) is 3.43. The number of benzene rings is 1. The average Bonchev–Trinajstić information content (AvgIpc) is 2.33. The van der Waals surface area contributed by atoms with Gasteiger partial charge in [-0.3, -0.25) is 9.59 Å². The van der Waals surface area contributed by atoms with E-state index in [1.807, 2.05) is 31.2 Å². The molecule has 1 fully saturated rings. The molecule has 0 unspecified atom stereocenters. The lowest BCUT2D eigenvalue weighted by Gasteiger charge is -2.36. The summed E-state index contributed by atoms with van der Waals surface area (Å²) in [6.45, 7) is 5.04. The highest BCUT2D eigenvalue weighted by molar-refractivity contribution is 9.10. The van der Waals surface area contributed by atoms with Crippen molar-refractivity contribution in [2.24, 2.45) is 11.3 Å². The number of esters is 1. The summed E-state index contributed by atoms with van der Waals surface area (Å²) in [5, 5.41) is 0. The van der Waals surface area contributed by atoms with Crippen molar-refractivity contribution in [3.05, 3.63) is 34.3 Å². The fourth-order valence-electron chi connectivity index (χ4n) is 2.18. The van der Waals surface area contributed by atoms with Gasteiger partial charge < -0.3 is 4.74 Å². The van der Waals surface area contributed by atoms with Gasteiger partial charge in [0.15, 0.2) is 5.78 Å². The van der Waals surface area contributed by atoms with E-state index in [4.69, 9.17) is 4.74 Å². The number of ketones is 1. The van der Waals surface area contributed by atoms with Gasteiger partial charge in [-0.25, -0.2) is 0 Å². The minimum absolute atomic E-state index is 0.0633. The number of carbonyl (C=O) groups is 2. The molecule has 18 heavy (non-hydrogen) atoms. The van der Waals surface area contributed by atoms with E-state index >= 15 is 0 Å². The first kappa shape index (κ1) is 13.3. The Morgan fingerprint density at radius 1 is 1.17 bits per heavy atom. The second kappa shape index (κ2) is 4.50. The fraction of sp³-hybridized carbons (Fsp3) is 0.429. The molecule has 0 N–H and O–H groups in total. The van der Waals surface area contributed by atoms with Crippen molar-refractivity contribution in [3.63, 3.8) is 0 Å². The summed E-state index contributed by atoms with van der Waals surface area (Å²) in [6, 6.07) is 7.48. The van der Waals surface area contributed by atoms with Crippen LogP contribution in [0.25, 0.3) is 0 Å². The smallest absolute Gasteiger partial charge is 0.319 e. The number of cyclic esters (lactones) is 1. The first-order chi connectivity index (χ1) is 8.34. The van der Waals surface area contributed by atoms with Crippen LogP contribution < -0.4 is 0 Å². The number of halogens is 1. The Labute approximate surface area is 115 Å². The molecule has 2 atom stereocenters. The van der Waals surface area contributed by atoms with Crippen LogP contribution in [0.15, 0.2) is 28.7 Å². The molecule has 0 saturated carbocycles. The Morgan fingerprint density at radius 3 is 2.28 bits per heavy atom. The third-order valence-corrected chi connectivity index (χ3v) is 3.96. The van der Waals surface area contributed by atoms with Crippen LogP contribution in [0, 0.1) is 11.3 Å². The van der Waals surface area contributed by atoms with Crippen molar-refractivity contribution in [2.75, 3.05) is 0 Å². The molecule has 0 aliphatic carbocycles. The van der Waals surface area contributed by atoms with Gasteiger partial charge in [0.2, 0.25) is 0 Å². The SMILES string of the molecule is C[C@@H]1C(=O)C(C)(C)C(=O)O[C@H]1c1ccc(Br)cc1. The Hall–Kier alpha value is -1.16. The van der Waals surface area contributed by atoms with Crippen LogP contribution in [0.2, 0.25) is 0 Å². The number of ether oxygens (including phenoxy) is 1. The van der Waals surface area contributed by atoms with E-state index in [1.54, 1.807) is 13.8 Å². The summed E-state index contributed by atoms with van der Waals surface area (Å²) in [7, 11) is 0. The first-order valence-electron chi connectivity index (χ1n) is 5.85. The van der Waals surface area contributed by atoms with Crippen molar-refractivity contribution >= 4 is 27.7 Å². The van der Waals surface area contributed by atoms with Crippen LogP contribution >= 0.6 is 15.9 Å². The summed E-state index contributed by atoms with van der Waals surface area (Å²) in [6.07, 6.45) is -0.480. The maximum atomic E-state index is 12.2. The normalized spacial score (nSPS) is 26.9. The molecular formula is C14H15BrO3. The zero-order valence-electron chi connectivity index (χ0n) is 10.6. The predicted octanol–water partition coefficient (Wildman–Crippen LogP) is 3.28. The standard InChI is InChI=1S/C14H15BrO3/c1-8-11(9-4-6-10(15)7-5-9)18-13(17)14(2,3)12(8)16/h4-8,11H,1-3H3/t8-,11+/m0/s1. The minimum Gasteiger partial charge on any atom is -0.456 e. The second-order valence-corrected chi connectivity index (χ2v) is 6.07. The van der Waals surface area contributed by atoms with Gasteiger partial charge in [-0.15, -0.1) is 0 Å². The van der Waals surface area contributed by atoms with Gasteiger partial charge in [0.05, 0.1) is 5.92 Å². The molecule has 0 radical (unpaired) electrons. The molecule has 1 saturated heterocycles. The molecule has 3 nitrogen and oxygen atoms in total. The van der Waals surface area contributed by atoms with E-state index in [-0.39, 0.29) is 11.7 Å². The van der Waals surface area contributed by atoms with Crippen LogP contribution in [-0.4, -0.2) is 11.8 Å². The van der Waals surface area contributed by atoms with Gasteiger partial charge in [0.25, 0.3) is 0 Å². The summed E-state index contributed by atoms with van der Waals surface area (Å²) >= 11 is 3.35. The number of rotatable bonds is 1. The molecule has 1 aromatic carbocycles. The third kappa shape index (κ3) is 2.09. The highest BCUT2D eigenvalue weighted by Gasteiger charge is 2.49. The summed E-state index contributed by atoms with van der Waals surface area (Å²) in [5.74, 6) is -0.830. The zero-order valence-corrected chi connectivity index (χ0v) is 12.2. The second-order valence-electron chi connectivity index (χ2n) is 5.16. The van der Waals surface area contributed by atoms with Gasteiger partial charge in [-0.2, -0.15) is 0 Å². The quantitative estimate of drug-likeness (QED) is 0.590. The topological polar surface area (TPSA) is 43.4 Å². The monoisotopic (exact) mass is 310 g/mol. The lowest BCUT2D eigenvalue weighted by molar-refractivity contribution is -0.178. The maximum absolute atomic E-state index is 12.2. The van der Waals surface area contributed by atoms with Crippen molar-refractivity contribution in [1.29, 1.82) is 0 Å². The maximum Gasteiger partial charge on any atom is 0.319 e. The summed E-state index contributed by atoms with van der Waals surface area (Å²) in [5.41, 5.74) is -0.187. The molecule has 1 aromatic rings. The Balaban J connectivity index is 2.34. The van der Waals surface area contributed by atoms with Crippen LogP contribution in [-0.2, 0) is 14.3 Å². The van der Waals surface area contributed by atoms with E-state index in [0.717, 1.165) is 10.0 Å². The molecule has 0 spiro atoms. The molecule has 4 heteroatoms. The molecule has 1 aliphatic heterocycles. The Kier molecular flexibility index (Phi) is 3.32. The lowest BCUT2D eigenvalue weighted by Crippen LogP contribution is -2.46. The van der Waals surface area contributed by atoms with E-state index in [1.165, 1.54) is 0 Å². The number of Topliss-reactive ketones (excluding diaryl/α,β-unsaturated/α-hetero) is 1. The molecule has 2 rings (SSSR count). The van der Waals surface area contributed by atoms with Crippen LogP contribution in [0.3, 0.4) is 0 Å². The number of carbonyl (C=O) groups excluding carboxylic acids is 2. The number of hydrogen-bond donors (Lipinski definition) is 0. The summed E-state index contributed by atoms with van der Waals surface area (Å²) in [4.78, 5) is 24.1. The molecule has 0 aromatic heterocycles. The lowest BCUT2D eigenvalue weighted by atomic mass is 9.76. The predicted molar refractivity (Wildman–Crippen MR) is 70.9 cm³/mol. The fourth-order valence-corrected chi connectivity index (χ4v) is 2.45.